The normalized spacial score (nSPS) is 12.0. The van der Waals surface area contributed by atoms with Gasteiger partial charge in [0, 0.05) is 37.8 Å². The standard InChI is InChI=1S/C26H35N7O3S/c1-6-8-15-31(5)26(34)20-11-13-21(14-12-20)37(35,36)17-9-16-32-22(10-7-2)27-23-24(32)18(3)19(4)33-25(23)28-29-30-33/h11-14H,6-10,15-17H2,1-5H3. The summed E-state index contributed by atoms with van der Waals surface area (Å²) in [4.78, 5) is 19.3. The molecular weight excluding hydrogens is 490 g/mol. The van der Waals surface area contributed by atoms with Crippen molar-refractivity contribution in [1.29, 1.82) is 0 Å². The van der Waals surface area contributed by atoms with Crippen molar-refractivity contribution in [3.63, 3.8) is 0 Å². The Morgan fingerprint density at radius 2 is 1.78 bits per heavy atom. The van der Waals surface area contributed by atoms with Crippen LogP contribution < -0.4 is 0 Å². The molecule has 1 amide bonds. The number of aromatic nitrogens is 6. The zero-order valence-corrected chi connectivity index (χ0v) is 23.0. The van der Waals surface area contributed by atoms with Crippen LogP contribution in [-0.2, 0) is 22.8 Å². The second-order valence-corrected chi connectivity index (χ2v) is 11.6. The fourth-order valence-corrected chi connectivity index (χ4v) is 5.93. The summed E-state index contributed by atoms with van der Waals surface area (Å²) in [5.74, 6) is 0.799. The second kappa shape index (κ2) is 11.0. The number of unbranched alkanes of at least 4 members (excludes halogenated alkanes) is 1. The molecular formula is C26H35N7O3S. The van der Waals surface area contributed by atoms with Gasteiger partial charge in [0.1, 0.15) is 11.3 Å². The lowest BCUT2D eigenvalue weighted by atomic mass is 10.2. The Morgan fingerprint density at radius 3 is 2.46 bits per heavy atom. The van der Waals surface area contributed by atoms with E-state index < -0.39 is 9.84 Å². The Kier molecular flexibility index (Phi) is 7.91. The molecule has 11 heteroatoms. The van der Waals surface area contributed by atoms with Crippen LogP contribution in [0.25, 0.3) is 16.7 Å². The van der Waals surface area contributed by atoms with Crippen LogP contribution in [0.15, 0.2) is 29.2 Å². The molecule has 0 fully saturated rings. The van der Waals surface area contributed by atoms with Gasteiger partial charge in [-0.25, -0.2) is 13.4 Å². The van der Waals surface area contributed by atoms with Crippen LogP contribution in [-0.4, -0.2) is 68.2 Å². The maximum atomic E-state index is 13.1. The predicted molar refractivity (Wildman–Crippen MR) is 143 cm³/mol. The van der Waals surface area contributed by atoms with Crippen molar-refractivity contribution in [2.24, 2.45) is 0 Å². The van der Waals surface area contributed by atoms with E-state index in [0.717, 1.165) is 53.8 Å². The first kappa shape index (κ1) is 26.7. The van der Waals surface area contributed by atoms with E-state index in [1.807, 2.05) is 13.8 Å². The molecule has 3 heterocycles. The van der Waals surface area contributed by atoms with E-state index in [2.05, 4.69) is 33.9 Å². The van der Waals surface area contributed by atoms with E-state index in [1.54, 1.807) is 28.6 Å². The van der Waals surface area contributed by atoms with E-state index in [1.165, 1.54) is 12.1 Å². The number of pyridine rings is 1. The molecule has 37 heavy (non-hydrogen) atoms. The lowest BCUT2D eigenvalue weighted by Crippen LogP contribution is -2.27. The molecule has 10 nitrogen and oxygen atoms in total. The molecule has 0 unspecified atom stereocenters. The fraction of sp³-hybridized carbons (Fsp3) is 0.500. The summed E-state index contributed by atoms with van der Waals surface area (Å²) in [5, 5.41) is 12.1. The Morgan fingerprint density at radius 1 is 1.05 bits per heavy atom. The van der Waals surface area contributed by atoms with Crippen molar-refractivity contribution in [1.82, 2.24) is 34.5 Å². The van der Waals surface area contributed by atoms with Crippen molar-refractivity contribution in [3.8, 4) is 0 Å². The molecule has 4 aromatic rings. The van der Waals surface area contributed by atoms with Gasteiger partial charge in [-0.2, -0.15) is 4.52 Å². The summed E-state index contributed by atoms with van der Waals surface area (Å²) in [5.41, 5.74) is 4.75. The quantitative estimate of drug-likeness (QED) is 0.293. The van der Waals surface area contributed by atoms with Gasteiger partial charge in [0.15, 0.2) is 9.84 Å². The molecule has 0 aliphatic rings. The summed E-state index contributed by atoms with van der Waals surface area (Å²) in [6, 6.07) is 6.27. The maximum Gasteiger partial charge on any atom is 0.253 e. The summed E-state index contributed by atoms with van der Waals surface area (Å²) in [6.45, 7) is 9.35. The third-order valence-electron chi connectivity index (χ3n) is 6.87. The number of benzene rings is 1. The number of carbonyl (C=O) groups is 1. The van der Waals surface area contributed by atoms with Gasteiger partial charge in [0.25, 0.3) is 5.91 Å². The monoisotopic (exact) mass is 525 g/mol. The molecule has 0 atom stereocenters. The van der Waals surface area contributed by atoms with Crippen molar-refractivity contribution in [3.05, 3.63) is 46.9 Å². The number of hydrogen-bond donors (Lipinski definition) is 0. The van der Waals surface area contributed by atoms with Crippen LogP contribution in [0, 0.1) is 13.8 Å². The van der Waals surface area contributed by atoms with Crippen LogP contribution in [0.3, 0.4) is 0 Å². The molecule has 0 aliphatic carbocycles. The van der Waals surface area contributed by atoms with Gasteiger partial charge >= 0.3 is 0 Å². The largest absolute Gasteiger partial charge is 0.342 e. The number of hydrogen-bond acceptors (Lipinski definition) is 7. The summed E-state index contributed by atoms with van der Waals surface area (Å²) >= 11 is 0. The molecule has 0 aliphatic heterocycles. The first-order chi connectivity index (χ1) is 17.7. The van der Waals surface area contributed by atoms with Crippen molar-refractivity contribution in [2.75, 3.05) is 19.3 Å². The van der Waals surface area contributed by atoms with E-state index in [9.17, 15) is 13.2 Å². The van der Waals surface area contributed by atoms with Crippen LogP contribution in [0.1, 0.15) is 67.0 Å². The van der Waals surface area contributed by atoms with Gasteiger partial charge in [0.05, 0.1) is 16.2 Å². The Hall–Kier alpha value is -3.34. The fourth-order valence-electron chi connectivity index (χ4n) is 4.63. The van der Waals surface area contributed by atoms with Crippen molar-refractivity contribution >= 4 is 32.4 Å². The highest BCUT2D eigenvalue weighted by atomic mass is 32.2. The highest BCUT2D eigenvalue weighted by Gasteiger charge is 2.21. The van der Waals surface area contributed by atoms with E-state index >= 15 is 0 Å². The van der Waals surface area contributed by atoms with Crippen LogP contribution in [0.4, 0.5) is 0 Å². The highest BCUT2D eigenvalue weighted by Crippen LogP contribution is 2.27. The third kappa shape index (κ3) is 5.22. The lowest BCUT2D eigenvalue weighted by Gasteiger charge is -2.17. The summed E-state index contributed by atoms with van der Waals surface area (Å²) < 4.78 is 30.0. The molecule has 4 rings (SSSR count). The van der Waals surface area contributed by atoms with E-state index in [4.69, 9.17) is 4.98 Å². The number of nitrogens with zero attached hydrogens (tertiary/aromatic N) is 7. The molecule has 0 N–H and O–H groups in total. The number of sulfone groups is 1. The molecule has 0 spiro atoms. The van der Waals surface area contributed by atoms with Crippen molar-refractivity contribution < 1.29 is 13.2 Å². The number of rotatable bonds is 11. The number of amides is 1. The molecule has 0 radical (unpaired) electrons. The van der Waals surface area contributed by atoms with E-state index in [0.29, 0.717) is 30.7 Å². The maximum absolute atomic E-state index is 13.1. The van der Waals surface area contributed by atoms with Crippen LogP contribution in [0.5, 0.6) is 0 Å². The first-order valence-electron chi connectivity index (χ1n) is 12.8. The van der Waals surface area contributed by atoms with Crippen LogP contribution in [0.2, 0.25) is 0 Å². The average Bonchev–Trinajstić information content (AvgIpc) is 3.51. The number of carbonyl (C=O) groups excluding carboxylic acids is 1. The average molecular weight is 526 g/mol. The molecule has 0 saturated carbocycles. The number of imidazole rings is 1. The Balaban J connectivity index is 1.53. The number of fused-ring (bicyclic) bond motifs is 3. The van der Waals surface area contributed by atoms with Crippen LogP contribution >= 0.6 is 0 Å². The SMILES string of the molecule is CCCCN(C)C(=O)c1ccc(S(=O)(=O)CCCn2c(CCC)nc3c2c(C)c(C)n2nnnc32)cc1. The first-order valence-corrected chi connectivity index (χ1v) is 14.5. The predicted octanol–water partition coefficient (Wildman–Crippen LogP) is 3.78. The number of tetrazole rings is 1. The summed E-state index contributed by atoms with van der Waals surface area (Å²) in [7, 11) is -1.74. The molecule has 0 saturated heterocycles. The molecule has 3 aromatic heterocycles. The van der Waals surface area contributed by atoms with Gasteiger partial charge in [-0.1, -0.05) is 20.3 Å². The number of aryl methyl sites for hydroxylation is 4. The summed E-state index contributed by atoms with van der Waals surface area (Å²) in [6.07, 6.45) is 4.06. The topological polar surface area (TPSA) is 115 Å². The van der Waals surface area contributed by atoms with Gasteiger partial charge in [0.2, 0.25) is 5.65 Å². The Labute approximate surface area is 217 Å². The van der Waals surface area contributed by atoms with Crippen molar-refractivity contribution in [2.45, 2.75) is 71.2 Å². The molecule has 1 aromatic carbocycles. The minimum absolute atomic E-state index is 0.00526. The van der Waals surface area contributed by atoms with Gasteiger partial charge in [-0.15, -0.1) is 5.10 Å². The Bertz CT molecular complexity index is 1520. The molecule has 198 valence electrons. The third-order valence-corrected chi connectivity index (χ3v) is 8.68. The van der Waals surface area contributed by atoms with Gasteiger partial charge in [-0.3, -0.25) is 4.79 Å². The zero-order chi connectivity index (χ0) is 26.7. The lowest BCUT2D eigenvalue weighted by molar-refractivity contribution is 0.0793. The second-order valence-electron chi connectivity index (χ2n) is 9.53. The molecule has 0 bridgehead atoms. The smallest absolute Gasteiger partial charge is 0.253 e. The van der Waals surface area contributed by atoms with Gasteiger partial charge < -0.3 is 9.47 Å². The van der Waals surface area contributed by atoms with Gasteiger partial charge in [-0.05, 0) is 73.4 Å². The highest BCUT2D eigenvalue weighted by molar-refractivity contribution is 7.91. The minimum atomic E-state index is -3.51. The zero-order valence-electron chi connectivity index (χ0n) is 22.2. The van der Waals surface area contributed by atoms with E-state index in [-0.39, 0.29) is 16.6 Å². The minimum Gasteiger partial charge on any atom is -0.342 e.